The summed E-state index contributed by atoms with van der Waals surface area (Å²) in [6.45, 7) is 0.399. The van der Waals surface area contributed by atoms with Crippen LogP contribution in [0.5, 0.6) is 0 Å². The molecule has 4 aliphatic heterocycles. The number of nitrogens with zero attached hydrogens (tertiary/aromatic N) is 2. The van der Waals surface area contributed by atoms with E-state index in [0.717, 1.165) is 11.4 Å². The van der Waals surface area contributed by atoms with E-state index in [4.69, 9.17) is 0 Å². The predicted octanol–water partition coefficient (Wildman–Crippen LogP) is 17.4. The molecule has 2 aromatic heterocycles. The Bertz CT molecular complexity index is 4920. The second kappa shape index (κ2) is 19.3. The monoisotopic (exact) mass is 1160 g/mol. The zero-order chi connectivity index (χ0) is 56.1. The molecular weight excluding hydrogens is 1110 g/mol. The molecule has 0 unspecified atom stereocenters. The van der Waals surface area contributed by atoms with E-state index in [-0.39, 0.29) is 13.4 Å². The molecule has 8 heteroatoms. The minimum atomic E-state index is 0.199. The summed E-state index contributed by atoms with van der Waals surface area (Å²) >= 11 is 7.70. The van der Waals surface area contributed by atoms with E-state index < -0.39 is 0 Å². The summed E-state index contributed by atoms with van der Waals surface area (Å²) in [6, 6.07) is 105. The van der Waals surface area contributed by atoms with Crippen molar-refractivity contribution < 1.29 is 0 Å². The summed E-state index contributed by atoms with van der Waals surface area (Å²) in [7, 11) is 0. The Balaban J connectivity index is 0.892. The van der Waals surface area contributed by atoms with Gasteiger partial charge in [-0.2, -0.15) is 0 Å². The lowest BCUT2D eigenvalue weighted by Gasteiger charge is -2.33. The topological polar surface area (TPSA) is 9.86 Å². The van der Waals surface area contributed by atoms with Crippen LogP contribution in [0, 0.1) is 0 Å². The van der Waals surface area contributed by atoms with Gasteiger partial charge in [-0.1, -0.05) is 251 Å². The first-order valence-corrected chi connectivity index (χ1v) is 32.7. The SMILES string of the molecule is c1ccc(-n2c3ccccc3c3c(-c4cccc(-c5cc6c7c(c5)Sc5ccccc5B7c5ccccc5S6)c4)c4c(c(-c5cccc(-c6cc7c8c(c6)Sc6ccccc6B8c6ccccc6S7)c5)c32)c2ccccc2n4-c2ccccc2)cc1. The van der Waals surface area contributed by atoms with Gasteiger partial charge in [0.05, 0.1) is 22.1 Å². The van der Waals surface area contributed by atoms with Gasteiger partial charge in [0.2, 0.25) is 13.4 Å². The van der Waals surface area contributed by atoms with Gasteiger partial charge in [0, 0.05) is 83.2 Å². The lowest BCUT2D eigenvalue weighted by atomic mass is 9.36. The van der Waals surface area contributed by atoms with Crippen molar-refractivity contribution in [1.82, 2.24) is 9.13 Å². The van der Waals surface area contributed by atoms with Gasteiger partial charge in [-0.05, 0) is 141 Å². The number of hydrogen-bond acceptors (Lipinski definition) is 4. The quantitative estimate of drug-likeness (QED) is 0.153. The minimum absolute atomic E-state index is 0.199. The number of para-hydroxylation sites is 4. The highest BCUT2D eigenvalue weighted by molar-refractivity contribution is 8.02. The molecule has 0 saturated carbocycles. The van der Waals surface area contributed by atoms with E-state index in [1.54, 1.807) is 0 Å². The van der Waals surface area contributed by atoms with Gasteiger partial charge in [-0.3, -0.25) is 0 Å². The van der Waals surface area contributed by atoms with Crippen LogP contribution in [0.25, 0.3) is 99.5 Å². The number of hydrogen-bond donors (Lipinski definition) is 0. The average Bonchev–Trinajstić information content (AvgIpc) is 1.63. The molecule has 4 aliphatic rings. The van der Waals surface area contributed by atoms with E-state index in [0.29, 0.717) is 0 Å². The number of fused-ring (bicyclic) bond motifs is 14. The van der Waals surface area contributed by atoms with Gasteiger partial charge in [0.1, 0.15) is 0 Å². The van der Waals surface area contributed by atoms with E-state index in [2.05, 4.69) is 288 Å². The second-order valence-electron chi connectivity index (χ2n) is 22.9. The summed E-state index contributed by atoms with van der Waals surface area (Å²) in [5.41, 5.74) is 25.1. The van der Waals surface area contributed by atoms with Crippen molar-refractivity contribution in [2.75, 3.05) is 0 Å². The maximum absolute atomic E-state index is 2.56. The van der Waals surface area contributed by atoms with Crippen molar-refractivity contribution in [2.24, 2.45) is 0 Å². The van der Waals surface area contributed by atoms with Crippen molar-refractivity contribution in [2.45, 2.75) is 39.2 Å². The van der Waals surface area contributed by atoms with Crippen LogP contribution in [0.2, 0.25) is 0 Å². The van der Waals surface area contributed by atoms with E-state index >= 15 is 0 Å². The highest BCUT2D eigenvalue weighted by Crippen LogP contribution is 2.53. The van der Waals surface area contributed by atoms with Crippen molar-refractivity contribution in [3.8, 4) is 55.9 Å². The molecule has 0 aliphatic carbocycles. The Morgan fingerprint density at radius 3 is 0.930 bits per heavy atom. The summed E-state index contributed by atoms with van der Waals surface area (Å²) in [5, 5.41) is 4.88. The largest absolute Gasteiger partial charge is 0.309 e. The van der Waals surface area contributed by atoms with Crippen LogP contribution in [-0.2, 0) is 0 Å². The Morgan fingerprint density at radius 1 is 0.244 bits per heavy atom. The molecule has 0 fully saturated rings. The van der Waals surface area contributed by atoms with Crippen LogP contribution in [0.4, 0.5) is 0 Å². The molecule has 0 radical (unpaired) electrons. The molecule has 0 amide bonds. The van der Waals surface area contributed by atoms with Crippen molar-refractivity contribution >= 4 is 137 Å². The van der Waals surface area contributed by atoms with Gasteiger partial charge in [-0.25, -0.2) is 0 Å². The average molecular weight is 1160 g/mol. The lowest BCUT2D eigenvalue weighted by Crippen LogP contribution is -2.57. The molecule has 0 spiro atoms. The first kappa shape index (κ1) is 49.3. The van der Waals surface area contributed by atoms with Crippen LogP contribution in [0.15, 0.2) is 318 Å². The Kier molecular flexibility index (Phi) is 11.0. The van der Waals surface area contributed by atoms with Crippen LogP contribution >= 0.6 is 47.0 Å². The first-order valence-electron chi connectivity index (χ1n) is 29.4. The molecule has 2 nitrogen and oxygen atoms in total. The maximum atomic E-state index is 2.56. The van der Waals surface area contributed by atoms with Gasteiger partial charge < -0.3 is 9.13 Å². The fourth-order valence-corrected chi connectivity index (χ4v) is 19.8. The van der Waals surface area contributed by atoms with E-state index in [1.165, 1.54) is 160 Å². The standard InChI is InChI=1S/C78H46B2N2S4/c1-3-25-53(26-4-1)81-61-35-13-7-29-55(61)73-72(50-24-20-22-48(42-50)52-45-69-76-70(46-52)86-66-40-18-12-34-60(66)80(76)59-33-11-17-39-65(59)85-69)78-74(56-30-8-14-36-62(56)82(78)54-27-5-2-6-28-54)71(77(73)81)49-23-19-21-47(41-49)51-43-67-75-68(44-51)84-64-38-16-10-32-58(64)79(75)57-31-9-15-37-63(57)83-67/h1-46H. The van der Waals surface area contributed by atoms with Gasteiger partial charge >= 0.3 is 0 Å². The van der Waals surface area contributed by atoms with Gasteiger partial charge in [-0.15, -0.1) is 0 Å². The lowest BCUT2D eigenvalue weighted by molar-refractivity contribution is 1.17. The molecule has 0 bridgehead atoms. The molecule has 0 saturated heterocycles. The van der Waals surface area contributed by atoms with Crippen LogP contribution in [0.3, 0.4) is 0 Å². The molecule has 19 rings (SSSR count). The van der Waals surface area contributed by atoms with Crippen LogP contribution in [-0.4, -0.2) is 22.6 Å². The summed E-state index contributed by atoms with van der Waals surface area (Å²) in [4.78, 5) is 10.7. The maximum Gasteiger partial charge on any atom is 0.247 e. The highest BCUT2D eigenvalue weighted by atomic mass is 32.2. The summed E-state index contributed by atoms with van der Waals surface area (Å²) < 4.78 is 5.13. The van der Waals surface area contributed by atoms with Crippen LogP contribution in [0.1, 0.15) is 0 Å². The van der Waals surface area contributed by atoms with E-state index in [1.807, 2.05) is 47.0 Å². The fraction of sp³-hybridized carbons (Fsp3) is 0. The smallest absolute Gasteiger partial charge is 0.247 e. The molecule has 0 N–H and O–H groups in total. The molecule has 398 valence electrons. The van der Waals surface area contributed by atoms with Crippen molar-refractivity contribution in [3.63, 3.8) is 0 Å². The fourth-order valence-electron chi connectivity index (χ4n) is 14.8. The molecule has 0 atom stereocenters. The predicted molar refractivity (Wildman–Crippen MR) is 368 cm³/mol. The third-order valence-electron chi connectivity index (χ3n) is 18.3. The molecule has 13 aromatic carbocycles. The van der Waals surface area contributed by atoms with E-state index in [9.17, 15) is 0 Å². The zero-order valence-electron chi connectivity index (χ0n) is 46.2. The molecular formula is C78H46B2N2S4. The van der Waals surface area contributed by atoms with Crippen molar-refractivity contribution in [3.05, 3.63) is 279 Å². The number of rotatable bonds is 6. The van der Waals surface area contributed by atoms with Gasteiger partial charge in [0.25, 0.3) is 0 Å². The van der Waals surface area contributed by atoms with Gasteiger partial charge in [0.15, 0.2) is 0 Å². The number of aromatic nitrogens is 2. The Labute approximate surface area is 516 Å². The molecule has 15 aromatic rings. The van der Waals surface area contributed by atoms with Crippen molar-refractivity contribution in [1.29, 1.82) is 0 Å². The van der Waals surface area contributed by atoms with Crippen LogP contribution < -0.4 is 32.8 Å². The molecule has 86 heavy (non-hydrogen) atoms. The third kappa shape index (κ3) is 7.31. The zero-order valence-corrected chi connectivity index (χ0v) is 49.5. The minimum Gasteiger partial charge on any atom is -0.309 e. The first-order chi connectivity index (χ1) is 42.7. The third-order valence-corrected chi connectivity index (χ3v) is 22.9. The number of benzene rings is 13. The summed E-state index contributed by atoms with van der Waals surface area (Å²) in [5.74, 6) is 0. The normalized spacial score (nSPS) is 13.3. The Morgan fingerprint density at radius 2 is 0.558 bits per heavy atom. The molecule has 6 heterocycles. The highest BCUT2D eigenvalue weighted by Gasteiger charge is 2.40. The Hall–Kier alpha value is -9.01. The second-order valence-corrected chi connectivity index (χ2v) is 27.3. The summed E-state index contributed by atoms with van der Waals surface area (Å²) in [6.07, 6.45) is 0.